The predicted molar refractivity (Wildman–Crippen MR) is 51.8 cm³/mol. The molecule has 0 spiro atoms. The topological polar surface area (TPSA) is 20.2 Å². The van der Waals surface area contributed by atoms with Crippen LogP contribution in [0.4, 0.5) is 61.5 Å². The van der Waals surface area contributed by atoms with Crippen molar-refractivity contribution in [2.45, 2.75) is 61.4 Å². The summed E-state index contributed by atoms with van der Waals surface area (Å²) in [4.78, 5) is 0. The first-order chi connectivity index (χ1) is 10.6. The van der Waals surface area contributed by atoms with Crippen LogP contribution in [-0.4, -0.2) is 46.8 Å². The molecule has 0 bridgehead atoms. The van der Waals surface area contributed by atoms with Crippen molar-refractivity contribution in [3.63, 3.8) is 0 Å². The lowest BCUT2D eigenvalue weighted by Crippen LogP contribution is -2.73. The van der Waals surface area contributed by atoms with Gasteiger partial charge >= 0.3 is 41.6 Å². The first-order valence-electron chi connectivity index (χ1n) is 5.93. The van der Waals surface area contributed by atoms with Gasteiger partial charge in [0.05, 0.1) is 0 Å². The minimum atomic E-state index is -8.11. The Morgan fingerprint density at radius 1 is 0.520 bits per heavy atom. The highest BCUT2D eigenvalue weighted by Gasteiger charge is 2.92. The highest BCUT2D eigenvalue weighted by atomic mass is 19.4. The van der Waals surface area contributed by atoms with E-state index in [9.17, 15) is 61.5 Å². The lowest BCUT2D eigenvalue weighted by molar-refractivity contribution is -0.461. The molecule has 0 unspecified atom stereocenters. The van der Waals surface area contributed by atoms with Crippen LogP contribution in [-0.2, 0) is 0 Å². The molecule has 25 heavy (non-hydrogen) atoms. The van der Waals surface area contributed by atoms with Crippen molar-refractivity contribution in [1.82, 2.24) is 0 Å². The van der Waals surface area contributed by atoms with E-state index in [4.69, 9.17) is 5.11 Å². The number of hydrogen-bond donors (Lipinski definition) is 1. The van der Waals surface area contributed by atoms with Gasteiger partial charge in [0, 0.05) is 6.42 Å². The minimum absolute atomic E-state index is 0.676. The molecule has 0 aliphatic carbocycles. The highest BCUT2D eigenvalue weighted by molar-refractivity contribution is 5.12. The molecular formula is C10H8F14O. The van der Waals surface area contributed by atoms with Crippen molar-refractivity contribution < 1.29 is 66.6 Å². The molecule has 0 aromatic carbocycles. The van der Waals surface area contributed by atoms with Crippen LogP contribution >= 0.6 is 0 Å². The SMILES string of the molecule is CCCC(F)(F)C(F)(F)C(F)(F)C(F)(F)C(F)(F)C(F)(F)C(O)(F)F. The van der Waals surface area contributed by atoms with Crippen LogP contribution in [0, 0.1) is 0 Å². The van der Waals surface area contributed by atoms with Gasteiger partial charge in [-0.15, -0.1) is 0 Å². The maximum atomic E-state index is 13.1. The molecule has 15 heteroatoms. The molecule has 0 amide bonds. The molecule has 152 valence electrons. The van der Waals surface area contributed by atoms with Gasteiger partial charge in [0.15, 0.2) is 0 Å². The summed E-state index contributed by atoms with van der Waals surface area (Å²) in [5.41, 5.74) is 0. The Hall–Kier alpha value is -1.02. The van der Waals surface area contributed by atoms with Crippen molar-refractivity contribution in [2.24, 2.45) is 0 Å². The number of halogens is 14. The smallest absolute Gasteiger partial charge is 0.331 e. The van der Waals surface area contributed by atoms with E-state index in [2.05, 4.69) is 0 Å². The van der Waals surface area contributed by atoms with Gasteiger partial charge < -0.3 is 5.11 Å². The average molecular weight is 410 g/mol. The monoisotopic (exact) mass is 410 g/mol. The molecular weight excluding hydrogens is 402 g/mol. The summed E-state index contributed by atoms with van der Waals surface area (Å²) in [6.45, 7) is 0.676. The Morgan fingerprint density at radius 2 is 0.800 bits per heavy atom. The molecule has 0 saturated carbocycles. The average Bonchev–Trinajstić information content (AvgIpc) is 2.35. The standard InChI is InChI=1S/C10H8F14O/c1-2-3-4(11,12)5(13,14)6(15,16)7(17,18)8(19,20)9(21,22)10(23,24)25/h25H,2-3H2,1H3. The third kappa shape index (κ3) is 3.12. The first-order valence-corrected chi connectivity index (χ1v) is 5.93. The summed E-state index contributed by atoms with van der Waals surface area (Å²) in [6, 6.07) is 0. The van der Waals surface area contributed by atoms with Gasteiger partial charge in [-0.05, 0) is 0 Å². The van der Waals surface area contributed by atoms with Crippen LogP contribution in [0.1, 0.15) is 19.8 Å². The summed E-state index contributed by atoms with van der Waals surface area (Å²) >= 11 is 0. The highest BCUT2D eigenvalue weighted by Crippen LogP contribution is 2.62. The molecule has 0 heterocycles. The van der Waals surface area contributed by atoms with Gasteiger partial charge in [-0.25, -0.2) is 0 Å². The van der Waals surface area contributed by atoms with Crippen LogP contribution in [0.15, 0.2) is 0 Å². The molecule has 1 nitrogen and oxygen atoms in total. The maximum absolute atomic E-state index is 13.1. The largest absolute Gasteiger partial charge is 0.423 e. The van der Waals surface area contributed by atoms with E-state index < -0.39 is 54.5 Å². The molecule has 0 aliphatic rings. The van der Waals surface area contributed by atoms with E-state index in [-0.39, 0.29) is 0 Å². The van der Waals surface area contributed by atoms with Crippen molar-refractivity contribution in [3.05, 3.63) is 0 Å². The van der Waals surface area contributed by atoms with Gasteiger partial charge in [0.1, 0.15) is 0 Å². The van der Waals surface area contributed by atoms with E-state index in [1.54, 1.807) is 0 Å². The fraction of sp³-hybridized carbons (Fsp3) is 1.00. The summed E-state index contributed by atoms with van der Waals surface area (Å²) in [5, 5.41) is 7.48. The zero-order chi connectivity index (χ0) is 20.9. The fourth-order valence-corrected chi connectivity index (χ4v) is 1.48. The Morgan fingerprint density at radius 3 is 1.08 bits per heavy atom. The second-order valence-electron chi connectivity index (χ2n) is 4.87. The summed E-state index contributed by atoms with van der Waals surface area (Å²) in [5.74, 6) is -45.2. The third-order valence-corrected chi connectivity index (χ3v) is 2.98. The van der Waals surface area contributed by atoms with Gasteiger partial charge in [0.25, 0.3) is 0 Å². The second kappa shape index (κ2) is 6.01. The van der Waals surface area contributed by atoms with Gasteiger partial charge in [-0.2, -0.15) is 61.5 Å². The van der Waals surface area contributed by atoms with Gasteiger partial charge in [-0.1, -0.05) is 13.3 Å². The number of alkyl halides is 14. The normalized spacial score (nSPS) is 16.3. The Balaban J connectivity index is 6.40. The van der Waals surface area contributed by atoms with E-state index in [1.165, 1.54) is 0 Å². The van der Waals surface area contributed by atoms with Gasteiger partial charge in [0.2, 0.25) is 0 Å². The minimum Gasteiger partial charge on any atom is -0.331 e. The quantitative estimate of drug-likeness (QED) is 0.547. The molecule has 0 aliphatic heterocycles. The lowest BCUT2D eigenvalue weighted by Gasteiger charge is -2.41. The van der Waals surface area contributed by atoms with Crippen molar-refractivity contribution >= 4 is 0 Å². The van der Waals surface area contributed by atoms with E-state index in [0.717, 1.165) is 0 Å². The zero-order valence-electron chi connectivity index (χ0n) is 11.7. The maximum Gasteiger partial charge on any atom is 0.423 e. The van der Waals surface area contributed by atoms with Gasteiger partial charge in [-0.3, -0.25) is 0 Å². The van der Waals surface area contributed by atoms with Crippen molar-refractivity contribution in [3.8, 4) is 0 Å². The summed E-state index contributed by atoms with van der Waals surface area (Å²) in [7, 11) is 0. The molecule has 1 N–H and O–H groups in total. The van der Waals surface area contributed by atoms with Crippen molar-refractivity contribution in [1.29, 1.82) is 0 Å². The Bertz CT molecular complexity index is 476. The molecule has 0 rings (SSSR count). The summed E-state index contributed by atoms with van der Waals surface area (Å²) < 4.78 is 179. The number of rotatable bonds is 8. The number of hydrogen-bond acceptors (Lipinski definition) is 1. The van der Waals surface area contributed by atoms with Crippen LogP contribution in [0.5, 0.6) is 0 Å². The van der Waals surface area contributed by atoms with Crippen LogP contribution in [0.3, 0.4) is 0 Å². The lowest BCUT2D eigenvalue weighted by atomic mass is 9.89. The Kier molecular flexibility index (Phi) is 5.76. The molecule has 0 atom stereocenters. The fourth-order valence-electron chi connectivity index (χ4n) is 1.48. The van der Waals surface area contributed by atoms with Crippen LogP contribution in [0.25, 0.3) is 0 Å². The molecule has 0 saturated heterocycles. The van der Waals surface area contributed by atoms with E-state index >= 15 is 0 Å². The van der Waals surface area contributed by atoms with Crippen molar-refractivity contribution in [2.75, 3.05) is 0 Å². The number of aliphatic hydroxyl groups is 1. The molecule has 0 aromatic rings. The second-order valence-corrected chi connectivity index (χ2v) is 4.87. The van der Waals surface area contributed by atoms with E-state index in [0.29, 0.717) is 6.92 Å². The van der Waals surface area contributed by atoms with E-state index in [1.807, 2.05) is 0 Å². The summed E-state index contributed by atoms with van der Waals surface area (Å²) in [6.07, 6.45) is -10.4. The molecule has 0 radical (unpaired) electrons. The predicted octanol–water partition coefficient (Wildman–Crippen LogP) is 5.18. The van der Waals surface area contributed by atoms with Crippen LogP contribution in [0.2, 0.25) is 0 Å². The first kappa shape index (κ1) is 24.0. The Labute approximate surface area is 129 Å². The zero-order valence-corrected chi connectivity index (χ0v) is 11.7. The van der Waals surface area contributed by atoms with Crippen LogP contribution < -0.4 is 0 Å². The molecule has 0 fully saturated rings. The molecule has 0 aromatic heterocycles. The third-order valence-electron chi connectivity index (χ3n) is 2.98.